The maximum Gasteiger partial charge on any atom is 0.264 e. The summed E-state index contributed by atoms with van der Waals surface area (Å²) < 4.78 is 54.9. The van der Waals surface area contributed by atoms with Crippen molar-refractivity contribution in [2.75, 3.05) is 95.1 Å². The van der Waals surface area contributed by atoms with Crippen molar-refractivity contribution in [3.63, 3.8) is 0 Å². The molecule has 12 N–H and O–H groups in total. The van der Waals surface area contributed by atoms with Gasteiger partial charge in [-0.2, -0.15) is 15.3 Å². The van der Waals surface area contributed by atoms with Gasteiger partial charge < -0.3 is 81.3 Å². The predicted molar refractivity (Wildman–Crippen MR) is 474 cm³/mol. The van der Waals surface area contributed by atoms with Crippen LogP contribution in [0.5, 0.6) is 52.0 Å². The van der Waals surface area contributed by atoms with Crippen LogP contribution in [0, 0.1) is 5.82 Å². The van der Waals surface area contributed by atoms with Crippen molar-refractivity contribution in [2.24, 2.45) is 0 Å². The van der Waals surface area contributed by atoms with Gasteiger partial charge in [0.05, 0.1) is 56.6 Å². The van der Waals surface area contributed by atoms with E-state index in [-0.39, 0.29) is 93.8 Å². The number of aromatic amines is 3. The fraction of sp³-hybridized carbons (Fsp3) is 0.130. The van der Waals surface area contributed by atoms with Gasteiger partial charge in [-0.15, -0.1) is 0 Å². The van der Waals surface area contributed by atoms with E-state index in [0.29, 0.717) is 144 Å². The lowest BCUT2D eigenvalue weighted by atomic mass is 9.95. The fourth-order valence-electron chi connectivity index (χ4n) is 14.2. The summed E-state index contributed by atoms with van der Waals surface area (Å²) in [6.45, 7) is 1.97. The summed E-state index contributed by atoms with van der Waals surface area (Å²) in [7, 11) is 11.4. The quantitative estimate of drug-likeness (QED) is 0.0302. The number of ether oxygens (including phenoxy) is 6. The normalized spacial score (nSPS) is 12.3. The van der Waals surface area contributed by atoms with E-state index < -0.39 is 22.8 Å². The van der Waals surface area contributed by atoms with Crippen molar-refractivity contribution in [1.29, 1.82) is 0 Å². The molecule has 0 radical (unpaired) electrons. The first-order valence-corrected chi connectivity index (χ1v) is 39.1. The first-order chi connectivity index (χ1) is 60.1. The second kappa shape index (κ2) is 35.4. The Morgan fingerprint density at radius 1 is 0.435 bits per heavy atom. The number of carbonyl (C=O) groups excluding carboxylic acids is 3. The number of pyridine rings is 4. The Morgan fingerprint density at radius 2 is 0.839 bits per heavy atom. The van der Waals surface area contributed by atoms with Crippen molar-refractivity contribution >= 4 is 84.9 Å². The monoisotopic (exact) mass is 1660 g/mol. The van der Waals surface area contributed by atoms with Gasteiger partial charge in [0.2, 0.25) is 29.5 Å². The summed E-state index contributed by atoms with van der Waals surface area (Å²) in [4.78, 5) is 95.7. The molecule has 10 heterocycles. The second-order valence-electron chi connectivity index (χ2n) is 29.6. The number of nitrogen functional groups attached to an aromatic ring is 3. The van der Waals surface area contributed by atoms with Crippen molar-refractivity contribution in [2.45, 2.75) is 19.8 Å². The molecule has 0 saturated heterocycles. The first kappa shape index (κ1) is 81.5. The largest absolute Gasteiger partial charge is 0.485 e. The van der Waals surface area contributed by atoms with Gasteiger partial charge in [0.15, 0.2) is 5.75 Å². The average Bonchev–Trinajstić information content (AvgIpc) is 1.59. The molecule has 0 bridgehead atoms. The Hall–Kier alpha value is -16.2. The van der Waals surface area contributed by atoms with Gasteiger partial charge in [-0.25, -0.2) is 18.4 Å². The molecular weight excluding hydrogens is 1580 g/mol. The van der Waals surface area contributed by atoms with Gasteiger partial charge in [0.1, 0.15) is 110 Å². The van der Waals surface area contributed by atoms with Gasteiger partial charge in [0, 0.05) is 66.3 Å². The van der Waals surface area contributed by atoms with Gasteiger partial charge in [0.25, 0.3) is 16.7 Å². The summed E-state index contributed by atoms with van der Waals surface area (Å²) >= 11 is 0. The van der Waals surface area contributed by atoms with Crippen LogP contribution in [0.2, 0.25) is 0 Å². The number of nitrogens with two attached hydrogens (primary N) is 3. The zero-order chi connectivity index (χ0) is 86.4. The van der Waals surface area contributed by atoms with Crippen LogP contribution in [0.15, 0.2) is 257 Å². The van der Waals surface area contributed by atoms with Crippen molar-refractivity contribution in [3.8, 4) is 103 Å². The molecule has 31 nitrogen and oxygen atoms in total. The number of hydrogen-bond donors (Lipinski definition) is 9. The van der Waals surface area contributed by atoms with Gasteiger partial charge in [-0.05, 0) is 175 Å². The van der Waals surface area contributed by atoms with Crippen molar-refractivity contribution in [1.82, 2.24) is 64.0 Å². The standard InChI is InChI=1S/C31H27FN6O4.C31H28N6O4.C30H27N7O4/c1-37(2)16-6-9-24(39)34-27-22-17-41-31-25(21(22)14-15-23(27)32)28-26(30(40)35-31)29(33)38(36-28)18-10-12-20(13-11-18)42-19-7-4-3-5-8-19;1-36(2)17-7-12-25(38)33-23-11-6-10-22-26-24(18-40-29(22)23)34-31(39)27-28(26)35-37(30(27)32)19-13-15-21(16-14-19)41-20-8-4-3-5-9-20;1-36(2)16-6-9-23(38)33-22-14-15-32-26-21(22)17-40-30-24(26)27-25(29(39)34-30)28(31)37(35-27)18-10-12-20(13-11-18)41-19-7-4-3-5-8-19/h3-15H,16-17,33H2,1-2H3,(H,34,39)(H,35,40);3-16H,17-18,32H2,1-2H3,(H,33,38)(H,34,39);3-15H,16-17,31H2,1-2H3,(H,34,39)(H,32,33,38)/b9-6+;12-7+;9-6+. The maximum atomic E-state index is 15.0. The number of rotatable bonds is 21. The van der Waals surface area contributed by atoms with E-state index in [2.05, 4.69) is 35.9 Å². The predicted octanol–water partition coefficient (Wildman–Crippen LogP) is 13.6. The maximum absolute atomic E-state index is 15.0. The number of halogens is 1. The summed E-state index contributed by atoms with van der Waals surface area (Å²) in [6.07, 6.45) is 11.2. The molecule has 3 aliphatic rings. The zero-order valence-electron chi connectivity index (χ0n) is 67.8. The number of nitrogens with one attached hydrogen (secondary N) is 6. The zero-order valence-corrected chi connectivity index (χ0v) is 67.8. The highest BCUT2D eigenvalue weighted by Crippen LogP contribution is 2.48. The minimum absolute atomic E-state index is 0.00147. The molecule has 0 aliphatic carbocycles. The van der Waals surface area contributed by atoms with Crippen LogP contribution < -0.4 is 78.3 Å². The van der Waals surface area contributed by atoms with E-state index >= 15 is 0 Å². The average molecular weight is 1660 g/mol. The number of H-pyrrole nitrogens is 3. The molecule has 0 unspecified atom stereocenters. The first-order valence-electron chi connectivity index (χ1n) is 39.1. The molecule has 0 fully saturated rings. The van der Waals surface area contributed by atoms with E-state index in [9.17, 15) is 33.2 Å². The minimum Gasteiger partial charge on any atom is -0.485 e. The number of carbonyl (C=O) groups is 3. The lowest BCUT2D eigenvalue weighted by Gasteiger charge is -2.23. The van der Waals surface area contributed by atoms with E-state index in [1.54, 1.807) is 95.8 Å². The third kappa shape index (κ3) is 17.2. The fourth-order valence-corrected chi connectivity index (χ4v) is 14.2. The molecule has 0 atom stereocenters. The number of fused-ring (bicyclic) bond motifs is 15. The number of nitrogens with zero attached hydrogens (tertiary/aromatic N) is 10. The lowest BCUT2D eigenvalue weighted by molar-refractivity contribution is -0.112. The van der Waals surface area contributed by atoms with Crippen LogP contribution in [0.25, 0.3) is 83.3 Å². The smallest absolute Gasteiger partial charge is 0.264 e. The van der Waals surface area contributed by atoms with Gasteiger partial charge in [-0.3, -0.25) is 43.7 Å². The lowest BCUT2D eigenvalue weighted by Crippen LogP contribution is -2.18. The summed E-state index contributed by atoms with van der Waals surface area (Å²) in [5.74, 6) is 3.86. The Balaban J connectivity index is 0.000000137. The molecule has 15 aromatic rings. The van der Waals surface area contributed by atoms with Gasteiger partial charge >= 0.3 is 0 Å². The number of anilines is 6. The molecule has 32 heteroatoms. The van der Waals surface area contributed by atoms with Crippen LogP contribution in [-0.4, -0.2) is 144 Å². The van der Waals surface area contributed by atoms with Crippen LogP contribution in [0.3, 0.4) is 0 Å². The third-order valence-electron chi connectivity index (χ3n) is 20.0. The summed E-state index contributed by atoms with van der Waals surface area (Å²) in [5, 5.41) is 23.3. The Kier molecular flexibility index (Phi) is 23.3. The van der Waals surface area contributed by atoms with Crippen LogP contribution in [0.1, 0.15) is 16.8 Å². The van der Waals surface area contributed by atoms with Crippen LogP contribution in [-0.2, 0) is 34.2 Å². The third-order valence-corrected chi connectivity index (χ3v) is 20.0. The number of benzene rings is 8. The number of aromatic nitrogens is 10. The van der Waals surface area contributed by atoms with Crippen LogP contribution in [0.4, 0.5) is 38.9 Å². The van der Waals surface area contributed by atoms with E-state index in [4.69, 9.17) is 60.9 Å². The molecule has 8 aromatic carbocycles. The van der Waals surface area contributed by atoms with E-state index in [1.165, 1.54) is 33.7 Å². The number of para-hydroxylation sites is 4. The van der Waals surface area contributed by atoms with Crippen molar-refractivity contribution in [3.05, 3.63) is 297 Å². The number of amides is 3. The summed E-state index contributed by atoms with van der Waals surface area (Å²) in [6, 6.07) is 59.9. The molecule has 0 spiro atoms. The topological polar surface area (TPSA) is 395 Å². The molecule has 624 valence electrons. The highest BCUT2D eigenvalue weighted by Gasteiger charge is 2.33. The Morgan fingerprint density at radius 3 is 1.30 bits per heavy atom. The molecule has 3 amide bonds. The molecular formula is C92H82FN19O12. The Labute approximate surface area is 706 Å². The molecule has 0 saturated carbocycles. The summed E-state index contributed by atoms with van der Waals surface area (Å²) in [5.41, 5.74) is 27.3. The van der Waals surface area contributed by atoms with Crippen molar-refractivity contribution < 1.29 is 47.2 Å². The van der Waals surface area contributed by atoms with E-state index in [1.807, 2.05) is 184 Å². The Bertz CT molecular complexity index is 6610. The second-order valence-corrected chi connectivity index (χ2v) is 29.6. The molecule has 124 heavy (non-hydrogen) atoms. The highest BCUT2D eigenvalue weighted by molar-refractivity contribution is 6.08. The van der Waals surface area contributed by atoms with Crippen LogP contribution >= 0.6 is 0 Å². The van der Waals surface area contributed by atoms with E-state index in [0.717, 1.165) is 5.75 Å². The SMILES string of the molecule is CN(C)C/C=C/C(=O)Nc1c(F)ccc2c1COc1[nH]c(=O)c3c(N)n(-c4ccc(Oc5ccccc5)cc4)nc3c1-2.CN(C)C/C=C/C(=O)Nc1cccc2c1OCc1[nH]c(=O)c3c(N)n(-c4ccc(Oc5ccccc5)cc4)nc3c1-2.CN(C)C/C=C/C(=O)Nc1ccnc2c1COc1[nH]c(=O)c3c(N)n(-c4ccc(Oc5ccccc5)cc4)nc3c1-2. The number of hydrogen-bond acceptors (Lipinski definition) is 22. The molecule has 7 aromatic heterocycles. The molecule has 3 aliphatic heterocycles. The minimum atomic E-state index is -0.612. The highest BCUT2D eigenvalue weighted by atomic mass is 19.1. The number of likely N-dealkylation sites (N-methyl/N-ethyl adjacent to an activating group) is 3. The van der Waals surface area contributed by atoms with Gasteiger partial charge in [-0.1, -0.05) is 91.0 Å². The molecule has 18 rings (SSSR count).